The van der Waals surface area contributed by atoms with Crippen LogP contribution in [0.2, 0.25) is 0 Å². The van der Waals surface area contributed by atoms with Crippen LogP contribution in [-0.4, -0.2) is 53.4 Å². The van der Waals surface area contributed by atoms with E-state index in [1.54, 1.807) is 23.0 Å². The van der Waals surface area contributed by atoms with E-state index in [2.05, 4.69) is 0 Å². The van der Waals surface area contributed by atoms with Gasteiger partial charge in [-0.25, -0.2) is 4.84 Å². The van der Waals surface area contributed by atoms with Crippen LogP contribution in [0.4, 0.5) is 0 Å². The van der Waals surface area contributed by atoms with Crippen molar-refractivity contribution in [3.8, 4) is 0 Å². The summed E-state index contributed by atoms with van der Waals surface area (Å²) in [5.41, 5.74) is 0. The van der Waals surface area contributed by atoms with Crippen LogP contribution in [0.1, 0.15) is 0 Å². The van der Waals surface area contributed by atoms with Gasteiger partial charge in [-0.3, -0.25) is 0 Å². The summed E-state index contributed by atoms with van der Waals surface area (Å²) >= 11 is 3.59. The maximum absolute atomic E-state index is 5.30. The normalized spacial score (nSPS) is 36.3. The Bertz CT molecular complexity index is 236. The van der Waals surface area contributed by atoms with Crippen molar-refractivity contribution >= 4 is 45.6 Å². The van der Waals surface area contributed by atoms with Gasteiger partial charge >= 0.3 is 0 Å². The first-order valence-corrected chi connectivity index (χ1v) is 6.86. The molecule has 1 heterocycles. The number of nitrogens with zero attached hydrogens (tertiary/aromatic N) is 4. The van der Waals surface area contributed by atoms with Crippen LogP contribution in [-0.2, 0) is 32.6 Å². The highest BCUT2D eigenvalue weighted by atomic mass is 127. The molecule has 0 spiro atoms. The maximum Gasteiger partial charge on any atom is 0.199 e. The van der Waals surface area contributed by atoms with Crippen molar-refractivity contribution in [1.82, 2.24) is 10.6 Å². The van der Waals surface area contributed by atoms with Crippen molar-refractivity contribution in [2.24, 2.45) is 0 Å². The smallest absolute Gasteiger partial charge is 0.199 e. The Balaban J connectivity index is 2.89. The quantitative estimate of drug-likeness (QED) is 0.242. The molecule has 1 rings (SSSR count). The lowest BCUT2D eigenvalue weighted by Crippen LogP contribution is -2.60. The van der Waals surface area contributed by atoms with Gasteiger partial charge in [-0.1, -0.05) is 25.8 Å². The Labute approximate surface area is 131 Å². The molecule has 0 aliphatic carbocycles. The number of alkyl halides is 1. The van der Waals surface area contributed by atoms with Gasteiger partial charge in [-0.2, -0.15) is 0 Å². The number of halogens is 2. The first kappa shape index (κ1) is 17.1. The summed E-state index contributed by atoms with van der Waals surface area (Å²) in [5.74, 6) is 0. The minimum Gasteiger partial charge on any atom is -0.245 e. The van der Waals surface area contributed by atoms with E-state index in [1.807, 2.05) is 22.6 Å². The second kappa shape index (κ2) is 7.15. The minimum absolute atomic E-state index is 0.322. The molecule has 18 heavy (non-hydrogen) atoms. The van der Waals surface area contributed by atoms with Crippen LogP contribution in [0.5, 0.6) is 0 Å². The molecular formula is C5H14I2N4O7+2. The van der Waals surface area contributed by atoms with Gasteiger partial charge in [0.15, 0.2) is 47.5 Å². The minimum atomic E-state index is -0.804. The zero-order valence-corrected chi connectivity index (χ0v) is 14.4. The standard InChI is InChI=1S/C5H14I2N4O7/c1-10(13-4)15-8(5-6)16-11(2,14-7)18-9(12-3)17-10/h5H2,1-4H3/q+2. The van der Waals surface area contributed by atoms with Gasteiger partial charge in [0.1, 0.15) is 16.6 Å². The Morgan fingerprint density at radius 2 is 1.61 bits per heavy atom. The maximum atomic E-state index is 5.30. The average molecular weight is 496 g/mol. The summed E-state index contributed by atoms with van der Waals surface area (Å²) in [6, 6.07) is 0. The molecule has 0 aromatic carbocycles. The van der Waals surface area contributed by atoms with E-state index in [0.717, 1.165) is 5.23 Å². The molecule has 0 amide bonds. The summed E-state index contributed by atoms with van der Waals surface area (Å²) in [6.45, 7) is 0. The van der Waals surface area contributed by atoms with Gasteiger partial charge < -0.3 is 0 Å². The summed E-state index contributed by atoms with van der Waals surface area (Å²) in [6.07, 6.45) is 0. The van der Waals surface area contributed by atoms with E-state index in [-0.39, 0.29) is 0 Å². The van der Waals surface area contributed by atoms with Crippen molar-refractivity contribution < 1.29 is 42.5 Å². The average Bonchev–Trinajstić information content (AvgIpc) is 2.35. The van der Waals surface area contributed by atoms with Crippen molar-refractivity contribution in [2.75, 3.05) is 32.9 Å². The van der Waals surface area contributed by atoms with Gasteiger partial charge in [0.05, 0.1) is 12.3 Å². The van der Waals surface area contributed by atoms with Crippen LogP contribution >= 0.6 is 45.6 Å². The first-order chi connectivity index (χ1) is 8.40. The van der Waals surface area contributed by atoms with E-state index in [1.165, 1.54) is 28.3 Å². The molecule has 13 heteroatoms. The number of hydroxylamine groups is 8. The Hall–Kier alpha value is 1.02. The lowest BCUT2D eigenvalue weighted by molar-refractivity contribution is -1.46. The van der Waals surface area contributed by atoms with Crippen LogP contribution in [0.3, 0.4) is 0 Å². The van der Waals surface area contributed by atoms with Gasteiger partial charge in [0, 0.05) is 19.8 Å². The fourth-order valence-corrected chi connectivity index (χ4v) is 1.23. The molecular weight excluding hydrogens is 482 g/mol. The van der Waals surface area contributed by atoms with Gasteiger partial charge in [-0.15, -0.1) is 4.84 Å². The molecule has 2 unspecified atom stereocenters. The second-order valence-electron chi connectivity index (χ2n) is 2.98. The summed E-state index contributed by atoms with van der Waals surface area (Å²) < 4.78 is 5.29. The van der Waals surface area contributed by atoms with Gasteiger partial charge in [0.25, 0.3) is 0 Å². The number of hydrogen-bond acceptors (Lipinski definition) is 9. The van der Waals surface area contributed by atoms with E-state index in [4.69, 9.17) is 32.6 Å². The lowest BCUT2D eigenvalue weighted by atomic mass is 11.4. The SMILES string of the molecule is CON1O[N+](C)(OC)ON(CI)O[N+](C)(OI)O1. The summed E-state index contributed by atoms with van der Waals surface area (Å²) in [7, 11) is 5.56. The monoisotopic (exact) mass is 496 g/mol. The fraction of sp³-hybridized carbons (Fsp3) is 1.00. The molecule has 1 fully saturated rings. The molecule has 11 nitrogen and oxygen atoms in total. The molecule has 0 aromatic heterocycles. The van der Waals surface area contributed by atoms with Crippen LogP contribution < -0.4 is 0 Å². The largest absolute Gasteiger partial charge is 0.245 e. The first-order valence-electron chi connectivity index (χ1n) is 4.46. The summed E-state index contributed by atoms with van der Waals surface area (Å²) in [4.78, 5) is 29.1. The predicted octanol–water partition coefficient (Wildman–Crippen LogP) is 0.681. The van der Waals surface area contributed by atoms with Crippen LogP contribution in [0, 0.1) is 0 Å². The summed E-state index contributed by atoms with van der Waals surface area (Å²) in [5, 5.41) is 1.67. The Morgan fingerprint density at radius 1 is 1.06 bits per heavy atom. The molecule has 1 aliphatic heterocycles. The van der Waals surface area contributed by atoms with Crippen molar-refractivity contribution in [3.63, 3.8) is 0 Å². The third-order valence-corrected chi connectivity index (χ3v) is 2.88. The highest BCUT2D eigenvalue weighted by Crippen LogP contribution is 2.24. The predicted molar refractivity (Wildman–Crippen MR) is 68.4 cm³/mol. The number of rotatable bonds is 4. The molecule has 0 radical (unpaired) electrons. The molecule has 0 aromatic rings. The van der Waals surface area contributed by atoms with Crippen molar-refractivity contribution in [1.29, 1.82) is 0 Å². The molecule has 2 atom stereocenters. The third kappa shape index (κ3) is 4.54. The van der Waals surface area contributed by atoms with Crippen LogP contribution in [0.25, 0.3) is 0 Å². The zero-order valence-electron chi connectivity index (χ0n) is 10.1. The fourth-order valence-electron chi connectivity index (χ4n) is 0.835. The van der Waals surface area contributed by atoms with Crippen molar-refractivity contribution in [2.45, 2.75) is 0 Å². The molecule has 0 bridgehead atoms. The molecule has 1 saturated heterocycles. The molecule has 1 aliphatic rings. The van der Waals surface area contributed by atoms with Gasteiger partial charge in [-0.05, 0) is 0 Å². The Kier molecular flexibility index (Phi) is 6.78. The zero-order chi connectivity index (χ0) is 13.8. The molecule has 108 valence electrons. The number of quaternary nitrogens is 2. The number of hydrogen-bond donors (Lipinski definition) is 0. The topological polar surface area (TPSA) is 71.1 Å². The van der Waals surface area contributed by atoms with Crippen molar-refractivity contribution in [3.05, 3.63) is 0 Å². The molecule has 0 saturated carbocycles. The second-order valence-corrected chi connectivity index (χ2v) is 4.06. The highest BCUT2D eigenvalue weighted by molar-refractivity contribution is 14.1. The Morgan fingerprint density at radius 3 is 2.06 bits per heavy atom. The van der Waals surface area contributed by atoms with E-state index in [0.29, 0.717) is 9.94 Å². The van der Waals surface area contributed by atoms with E-state index in [9.17, 15) is 0 Å². The lowest BCUT2D eigenvalue weighted by Gasteiger charge is -2.33. The third-order valence-electron chi connectivity index (χ3n) is 1.61. The van der Waals surface area contributed by atoms with Crippen LogP contribution in [0.15, 0.2) is 0 Å². The molecule has 0 N–H and O–H groups in total. The highest BCUT2D eigenvalue weighted by Gasteiger charge is 2.49. The van der Waals surface area contributed by atoms with E-state index >= 15 is 0 Å². The van der Waals surface area contributed by atoms with Gasteiger partial charge in [0.2, 0.25) is 0 Å². The van der Waals surface area contributed by atoms with E-state index < -0.39 is 9.95 Å².